The van der Waals surface area contributed by atoms with E-state index in [4.69, 9.17) is 4.74 Å². The van der Waals surface area contributed by atoms with Crippen LogP contribution in [0.1, 0.15) is 39.5 Å². The molecule has 0 amide bonds. The summed E-state index contributed by atoms with van der Waals surface area (Å²) < 4.78 is 5.35. The van der Waals surface area contributed by atoms with Crippen LogP contribution in [0.5, 0.6) is 0 Å². The predicted octanol–water partition coefficient (Wildman–Crippen LogP) is 2.85. The average Bonchev–Trinajstić information content (AvgIpc) is 2.67. The van der Waals surface area contributed by atoms with Gasteiger partial charge in [0.2, 0.25) is 0 Å². The molecule has 2 saturated carbocycles. The van der Waals surface area contributed by atoms with Crippen LogP contribution in [0.4, 0.5) is 0 Å². The summed E-state index contributed by atoms with van der Waals surface area (Å²) in [6, 6.07) is 0. The van der Waals surface area contributed by atoms with Gasteiger partial charge in [-0.05, 0) is 37.5 Å². The third-order valence-electron chi connectivity index (χ3n) is 2.98. The second-order valence-electron chi connectivity index (χ2n) is 3.45. The molecule has 2 aliphatic rings. The molecule has 0 N–H and O–H groups in total. The molecule has 1 heteroatoms. The Bertz CT molecular complexity index is 111. The molecule has 0 radical (unpaired) electrons. The first-order valence-electron chi connectivity index (χ1n) is 4.93. The summed E-state index contributed by atoms with van der Waals surface area (Å²) in [5, 5.41) is 0. The Hall–Kier alpha value is -0.0400. The molecule has 2 fully saturated rings. The minimum Gasteiger partial charge on any atom is -0.381 e. The third kappa shape index (κ3) is 1.76. The largest absolute Gasteiger partial charge is 0.381 e. The van der Waals surface area contributed by atoms with Crippen LogP contribution >= 0.6 is 0 Å². The van der Waals surface area contributed by atoms with Gasteiger partial charge >= 0.3 is 0 Å². The highest BCUT2D eigenvalue weighted by Crippen LogP contribution is 2.45. The maximum atomic E-state index is 5.35. The van der Waals surface area contributed by atoms with Crippen LogP contribution in [0.25, 0.3) is 0 Å². The van der Waals surface area contributed by atoms with Crippen molar-refractivity contribution in [3.8, 4) is 0 Å². The number of hydrogen-bond donors (Lipinski definition) is 0. The van der Waals surface area contributed by atoms with Gasteiger partial charge in [-0.25, -0.2) is 0 Å². The minimum atomic E-state index is 0.628. The van der Waals surface area contributed by atoms with Crippen molar-refractivity contribution in [1.82, 2.24) is 0 Å². The molecule has 3 atom stereocenters. The maximum Gasteiger partial charge on any atom is 0.0602 e. The zero-order valence-corrected chi connectivity index (χ0v) is 7.97. The molecule has 0 aliphatic heterocycles. The van der Waals surface area contributed by atoms with Crippen LogP contribution in [0, 0.1) is 11.8 Å². The van der Waals surface area contributed by atoms with Gasteiger partial charge in [0.25, 0.3) is 0 Å². The maximum absolute atomic E-state index is 5.35. The van der Waals surface area contributed by atoms with Crippen molar-refractivity contribution in [2.45, 2.75) is 45.6 Å². The van der Waals surface area contributed by atoms with Gasteiger partial charge in [0.1, 0.15) is 0 Å². The highest BCUT2D eigenvalue weighted by Gasteiger charge is 2.39. The Morgan fingerprint density at radius 2 is 1.82 bits per heavy atom. The fourth-order valence-electron chi connectivity index (χ4n) is 2.48. The van der Waals surface area contributed by atoms with E-state index in [0.29, 0.717) is 6.10 Å². The van der Waals surface area contributed by atoms with Crippen molar-refractivity contribution >= 4 is 0 Å². The van der Waals surface area contributed by atoms with Crippen molar-refractivity contribution in [3.05, 3.63) is 0 Å². The molecule has 2 bridgehead atoms. The Morgan fingerprint density at radius 3 is 2.09 bits per heavy atom. The number of fused-ring (bicyclic) bond motifs is 2. The summed E-state index contributed by atoms with van der Waals surface area (Å²) in [5.74, 6) is 1.96. The Kier molecular flexibility index (Phi) is 3.38. The molecule has 0 saturated heterocycles. The molecule has 11 heavy (non-hydrogen) atoms. The molecule has 3 unspecified atom stereocenters. The van der Waals surface area contributed by atoms with E-state index in [1.165, 1.54) is 25.7 Å². The lowest BCUT2D eigenvalue weighted by Gasteiger charge is -2.19. The van der Waals surface area contributed by atoms with Crippen molar-refractivity contribution in [2.75, 3.05) is 7.11 Å². The monoisotopic (exact) mass is 156 g/mol. The normalized spacial score (nSPS) is 40.1. The van der Waals surface area contributed by atoms with Crippen molar-refractivity contribution < 1.29 is 4.74 Å². The quantitative estimate of drug-likeness (QED) is 0.567. The van der Waals surface area contributed by atoms with E-state index in [2.05, 4.69) is 0 Å². The highest BCUT2D eigenvalue weighted by atomic mass is 16.5. The van der Waals surface area contributed by atoms with Crippen LogP contribution in [0.2, 0.25) is 0 Å². The molecule has 0 spiro atoms. The van der Waals surface area contributed by atoms with Crippen molar-refractivity contribution in [1.29, 1.82) is 0 Å². The number of rotatable bonds is 1. The lowest BCUT2D eigenvalue weighted by atomic mass is 9.98. The van der Waals surface area contributed by atoms with E-state index in [9.17, 15) is 0 Å². The molecule has 0 heterocycles. The molecule has 0 aromatic carbocycles. The zero-order chi connectivity index (χ0) is 8.27. The summed E-state index contributed by atoms with van der Waals surface area (Å²) in [7, 11) is 1.85. The smallest absolute Gasteiger partial charge is 0.0602 e. The van der Waals surface area contributed by atoms with Gasteiger partial charge in [0, 0.05) is 7.11 Å². The Morgan fingerprint density at radius 1 is 1.09 bits per heavy atom. The summed E-state index contributed by atoms with van der Waals surface area (Å²) in [4.78, 5) is 0. The van der Waals surface area contributed by atoms with Gasteiger partial charge in [-0.2, -0.15) is 0 Å². The fourth-order valence-corrected chi connectivity index (χ4v) is 2.48. The summed E-state index contributed by atoms with van der Waals surface area (Å²) in [6.45, 7) is 4.00. The van der Waals surface area contributed by atoms with Crippen LogP contribution in [-0.2, 0) is 4.74 Å². The molecule has 1 nitrogen and oxygen atoms in total. The zero-order valence-electron chi connectivity index (χ0n) is 7.97. The number of hydrogen-bond acceptors (Lipinski definition) is 1. The van der Waals surface area contributed by atoms with E-state index in [-0.39, 0.29) is 0 Å². The van der Waals surface area contributed by atoms with E-state index in [1.807, 2.05) is 21.0 Å². The fraction of sp³-hybridized carbons (Fsp3) is 1.00. The summed E-state index contributed by atoms with van der Waals surface area (Å²) in [5.41, 5.74) is 0. The minimum absolute atomic E-state index is 0.628. The van der Waals surface area contributed by atoms with Gasteiger partial charge in [0.15, 0.2) is 0 Å². The van der Waals surface area contributed by atoms with E-state index < -0.39 is 0 Å². The van der Waals surface area contributed by atoms with Gasteiger partial charge < -0.3 is 4.74 Å². The molecule has 2 rings (SSSR count). The van der Waals surface area contributed by atoms with Crippen LogP contribution < -0.4 is 0 Å². The third-order valence-corrected chi connectivity index (χ3v) is 2.98. The second-order valence-corrected chi connectivity index (χ2v) is 3.45. The summed E-state index contributed by atoms with van der Waals surface area (Å²) >= 11 is 0. The van der Waals surface area contributed by atoms with E-state index in [0.717, 1.165) is 11.8 Å². The van der Waals surface area contributed by atoms with Crippen molar-refractivity contribution in [3.63, 3.8) is 0 Å². The molecule has 0 aromatic heterocycles. The standard InChI is InChI=1S/C8H14O.C2H6/c1-9-8-5-6-2-3-7(8)4-6;1-2/h6-8H,2-5H2,1H3;1-2H3. The highest BCUT2D eigenvalue weighted by molar-refractivity contribution is 4.90. The van der Waals surface area contributed by atoms with Gasteiger partial charge in [0.05, 0.1) is 6.10 Å². The first-order chi connectivity index (χ1) is 5.40. The first-order valence-corrected chi connectivity index (χ1v) is 4.93. The molecule has 2 aliphatic carbocycles. The lowest BCUT2D eigenvalue weighted by molar-refractivity contribution is 0.0572. The average molecular weight is 156 g/mol. The van der Waals surface area contributed by atoms with Crippen LogP contribution in [0.15, 0.2) is 0 Å². The first kappa shape index (κ1) is 9.05. The molecule has 66 valence electrons. The van der Waals surface area contributed by atoms with Crippen LogP contribution in [-0.4, -0.2) is 13.2 Å². The Balaban J connectivity index is 0.000000281. The van der Waals surface area contributed by atoms with Crippen LogP contribution in [0.3, 0.4) is 0 Å². The van der Waals surface area contributed by atoms with Gasteiger partial charge in [-0.1, -0.05) is 13.8 Å². The van der Waals surface area contributed by atoms with Gasteiger partial charge in [-0.3, -0.25) is 0 Å². The van der Waals surface area contributed by atoms with E-state index >= 15 is 0 Å². The second kappa shape index (κ2) is 4.10. The Labute approximate surface area is 70.1 Å². The number of ether oxygens (including phenoxy) is 1. The lowest BCUT2D eigenvalue weighted by Crippen LogP contribution is -2.18. The molecular weight excluding hydrogens is 136 g/mol. The SMILES string of the molecule is CC.COC1CC2CCC1C2. The topological polar surface area (TPSA) is 9.23 Å². The molecular formula is C10H20O. The molecule has 0 aromatic rings. The summed E-state index contributed by atoms with van der Waals surface area (Å²) in [6.07, 6.45) is 6.34. The predicted molar refractivity (Wildman–Crippen MR) is 47.6 cm³/mol. The van der Waals surface area contributed by atoms with Crippen molar-refractivity contribution in [2.24, 2.45) is 11.8 Å². The van der Waals surface area contributed by atoms with E-state index in [1.54, 1.807) is 0 Å². The number of methoxy groups -OCH3 is 1. The van der Waals surface area contributed by atoms with Gasteiger partial charge in [-0.15, -0.1) is 0 Å².